The van der Waals surface area contributed by atoms with Gasteiger partial charge in [-0.25, -0.2) is 4.79 Å². The minimum atomic E-state index is -0.345. The van der Waals surface area contributed by atoms with Crippen LogP contribution in [0.4, 0.5) is 11.4 Å². The van der Waals surface area contributed by atoms with E-state index < -0.39 is 0 Å². The van der Waals surface area contributed by atoms with Gasteiger partial charge in [0, 0.05) is 19.7 Å². The van der Waals surface area contributed by atoms with Gasteiger partial charge in [0.15, 0.2) is 0 Å². The highest BCUT2D eigenvalue weighted by Gasteiger charge is 2.32. The SMILES string of the molecule is COCCN(c1cc(C(=O)OC)ccc1N)C(C)C1CC1. The number of anilines is 2. The molecule has 1 aliphatic carbocycles. The van der Waals surface area contributed by atoms with Crippen molar-refractivity contribution in [3.8, 4) is 0 Å². The van der Waals surface area contributed by atoms with E-state index in [4.69, 9.17) is 15.2 Å². The molecule has 1 aliphatic rings. The average Bonchev–Trinajstić information content (AvgIpc) is 3.32. The zero-order valence-corrected chi connectivity index (χ0v) is 13.0. The Balaban J connectivity index is 2.30. The number of nitrogen functional groups attached to an aromatic ring is 1. The molecule has 0 bridgehead atoms. The van der Waals surface area contributed by atoms with Crippen molar-refractivity contribution >= 4 is 17.3 Å². The molecule has 0 spiro atoms. The smallest absolute Gasteiger partial charge is 0.337 e. The Morgan fingerprint density at radius 1 is 1.43 bits per heavy atom. The lowest BCUT2D eigenvalue weighted by Crippen LogP contribution is -2.37. The third kappa shape index (κ3) is 3.67. The van der Waals surface area contributed by atoms with Crippen LogP contribution in [0.3, 0.4) is 0 Å². The number of carbonyl (C=O) groups excluding carboxylic acids is 1. The molecule has 0 aliphatic heterocycles. The molecule has 5 nitrogen and oxygen atoms in total. The Morgan fingerprint density at radius 3 is 2.71 bits per heavy atom. The highest BCUT2D eigenvalue weighted by Crippen LogP contribution is 2.38. The lowest BCUT2D eigenvalue weighted by atomic mass is 10.1. The Kier molecular flexibility index (Phi) is 5.07. The first-order chi connectivity index (χ1) is 10.1. The van der Waals surface area contributed by atoms with Crippen LogP contribution in [0.15, 0.2) is 18.2 Å². The third-order valence-corrected chi connectivity index (χ3v) is 4.09. The van der Waals surface area contributed by atoms with Gasteiger partial charge in [0.2, 0.25) is 0 Å². The normalized spacial score (nSPS) is 15.6. The van der Waals surface area contributed by atoms with E-state index in [-0.39, 0.29) is 5.97 Å². The van der Waals surface area contributed by atoms with Crippen LogP contribution in [0.5, 0.6) is 0 Å². The first kappa shape index (κ1) is 15.6. The minimum absolute atomic E-state index is 0.345. The number of hydrogen-bond donors (Lipinski definition) is 1. The monoisotopic (exact) mass is 292 g/mol. The maximum atomic E-state index is 11.7. The van der Waals surface area contributed by atoms with Gasteiger partial charge in [-0.2, -0.15) is 0 Å². The van der Waals surface area contributed by atoms with Gasteiger partial charge in [-0.1, -0.05) is 0 Å². The number of carbonyl (C=O) groups is 1. The first-order valence-corrected chi connectivity index (χ1v) is 7.32. The molecule has 0 heterocycles. The van der Waals surface area contributed by atoms with E-state index in [9.17, 15) is 4.79 Å². The highest BCUT2D eigenvalue weighted by molar-refractivity contribution is 5.92. The van der Waals surface area contributed by atoms with Crippen molar-refractivity contribution in [2.24, 2.45) is 5.92 Å². The quantitative estimate of drug-likeness (QED) is 0.617. The number of nitrogens with two attached hydrogens (primary N) is 1. The number of nitrogens with zero attached hydrogens (tertiary/aromatic N) is 1. The van der Waals surface area contributed by atoms with Crippen molar-refractivity contribution in [1.82, 2.24) is 0 Å². The molecule has 1 aromatic rings. The van der Waals surface area contributed by atoms with Crippen LogP contribution < -0.4 is 10.6 Å². The van der Waals surface area contributed by atoms with E-state index >= 15 is 0 Å². The summed E-state index contributed by atoms with van der Waals surface area (Å²) in [6.45, 7) is 3.58. The lowest BCUT2D eigenvalue weighted by molar-refractivity contribution is 0.0601. The maximum Gasteiger partial charge on any atom is 0.337 e. The fourth-order valence-electron chi connectivity index (χ4n) is 2.60. The Labute approximate surface area is 126 Å². The number of ether oxygens (including phenoxy) is 2. The second kappa shape index (κ2) is 6.80. The topological polar surface area (TPSA) is 64.8 Å². The summed E-state index contributed by atoms with van der Waals surface area (Å²) in [6, 6.07) is 5.66. The second-order valence-corrected chi connectivity index (χ2v) is 5.53. The van der Waals surface area contributed by atoms with Gasteiger partial charge in [-0.3, -0.25) is 0 Å². The van der Waals surface area contributed by atoms with Crippen molar-refractivity contribution in [3.63, 3.8) is 0 Å². The lowest BCUT2D eigenvalue weighted by Gasteiger charge is -2.32. The summed E-state index contributed by atoms with van der Waals surface area (Å²) in [6.07, 6.45) is 2.50. The summed E-state index contributed by atoms with van der Waals surface area (Å²) < 4.78 is 10.00. The van der Waals surface area contributed by atoms with Gasteiger partial charge in [-0.15, -0.1) is 0 Å². The van der Waals surface area contributed by atoms with Gasteiger partial charge in [0.1, 0.15) is 0 Å². The summed E-state index contributed by atoms with van der Waals surface area (Å²) in [5.74, 6) is 0.352. The number of benzene rings is 1. The Morgan fingerprint density at radius 2 is 2.14 bits per heavy atom. The summed E-state index contributed by atoms with van der Waals surface area (Å²) in [5, 5.41) is 0. The zero-order chi connectivity index (χ0) is 15.4. The first-order valence-electron chi connectivity index (χ1n) is 7.32. The number of rotatable bonds is 7. The Bertz CT molecular complexity index is 500. The molecular weight excluding hydrogens is 268 g/mol. The van der Waals surface area contributed by atoms with E-state index in [2.05, 4.69) is 11.8 Å². The fraction of sp³-hybridized carbons (Fsp3) is 0.562. The van der Waals surface area contributed by atoms with E-state index in [1.165, 1.54) is 20.0 Å². The van der Waals surface area contributed by atoms with Crippen molar-refractivity contribution in [2.45, 2.75) is 25.8 Å². The maximum absolute atomic E-state index is 11.7. The minimum Gasteiger partial charge on any atom is -0.465 e. The zero-order valence-electron chi connectivity index (χ0n) is 13.0. The third-order valence-electron chi connectivity index (χ3n) is 4.09. The summed E-state index contributed by atoms with van der Waals surface area (Å²) in [4.78, 5) is 14.0. The van der Waals surface area contributed by atoms with Gasteiger partial charge >= 0.3 is 5.97 Å². The highest BCUT2D eigenvalue weighted by atomic mass is 16.5. The van der Waals surface area contributed by atoms with Gasteiger partial charge in [-0.05, 0) is 43.9 Å². The molecule has 0 aromatic heterocycles. The van der Waals surface area contributed by atoms with E-state index in [1.807, 2.05) is 6.07 Å². The Hall–Kier alpha value is -1.75. The van der Waals surface area contributed by atoms with Crippen LogP contribution in [0.1, 0.15) is 30.1 Å². The van der Waals surface area contributed by atoms with E-state index in [0.717, 1.165) is 12.2 Å². The van der Waals surface area contributed by atoms with E-state index in [1.54, 1.807) is 19.2 Å². The predicted molar refractivity (Wildman–Crippen MR) is 83.6 cm³/mol. The van der Waals surface area contributed by atoms with E-state index in [0.29, 0.717) is 29.8 Å². The van der Waals surface area contributed by atoms with Crippen LogP contribution in [0.25, 0.3) is 0 Å². The van der Waals surface area contributed by atoms with Crippen LogP contribution in [0, 0.1) is 5.92 Å². The molecule has 2 rings (SSSR count). The van der Waals surface area contributed by atoms with Gasteiger partial charge in [0.05, 0.1) is 30.7 Å². The largest absolute Gasteiger partial charge is 0.465 e. The molecule has 1 saturated carbocycles. The standard InChI is InChI=1S/C16H24N2O3/c1-11(12-4-5-12)18(8-9-20-2)15-10-13(16(19)21-3)6-7-14(15)17/h6-7,10-12H,4-5,8-9,17H2,1-3H3. The van der Waals surface area contributed by atoms with Crippen LogP contribution >= 0.6 is 0 Å². The molecule has 0 amide bonds. The van der Waals surface area contributed by atoms with Crippen molar-refractivity contribution < 1.29 is 14.3 Å². The van der Waals surface area contributed by atoms with Crippen molar-refractivity contribution in [2.75, 3.05) is 38.0 Å². The number of hydrogen-bond acceptors (Lipinski definition) is 5. The molecule has 2 N–H and O–H groups in total. The molecule has 116 valence electrons. The molecule has 0 saturated heterocycles. The van der Waals surface area contributed by atoms with Crippen LogP contribution in [-0.2, 0) is 9.47 Å². The average molecular weight is 292 g/mol. The van der Waals surface area contributed by atoms with Crippen molar-refractivity contribution in [3.05, 3.63) is 23.8 Å². The molecule has 0 radical (unpaired) electrons. The van der Waals surface area contributed by atoms with Crippen molar-refractivity contribution in [1.29, 1.82) is 0 Å². The molecule has 1 aromatic carbocycles. The predicted octanol–water partition coefficient (Wildman–Crippen LogP) is 2.31. The van der Waals surface area contributed by atoms with Crippen LogP contribution in [-0.4, -0.2) is 39.4 Å². The molecule has 21 heavy (non-hydrogen) atoms. The molecule has 1 unspecified atom stereocenters. The summed E-state index contributed by atoms with van der Waals surface area (Å²) >= 11 is 0. The number of esters is 1. The molecular formula is C16H24N2O3. The van der Waals surface area contributed by atoms with Crippen LogP contribution in [0.2, 0.25) is 0 Å². The van der Waals surface area contributed by atoms with Gasteiger partial charge in [0.25, 0.3) is 0 Å². The summed E-state index contributed by atoms with van der Waals surface area (Å²) in [7, 11) is 3.07. The fourth-order valence-corrected chi connectivity index (χ4v) is 2.60. The second-order valence-electron chi connectivity index (χ2n) is 5.53. The molecule has 5 heteroatoms. The summed E-state index contributed by atoms with van der Waals surface area (Å²) in [5.41, 5.74) is 8.20. The number of methoxy groups -OCH3 is 2. The molecule has 1 atom stereocenters. The molecule has 1 fully saturated rings. The van der Waals surface area contributed by atoms with Gasteiger partial charge < -0.3 is 20.1 Å².